The molecule has 8 nitrogen and oxygen atoms in total. The molecular formula is C28H32ClN3O5S. The monoisotopic (exact) mass is 557 g/mol. The molecule has 0 aliphatic carbocycles. The van der Waals surface area contributed by atoms with Gasteiger partial charge in [-0.3, -0.25) is 13.9 Å². The average molecular weight is 558 g/mol. The minimum Gasteiger partial charge on any atom is -0.495 e. The van der Waals surface area contributed by atoms with Gasteiger partial charge in [0.15, 0.2) is 0 Å². The SMILES string of the molecule is CCCNC(=O)[C@@H](C)N(Cc1ccccc1)C(=O)CN(c1ccc(OC)c(Cl)c1)S(=O)(=O)c1ccccc1. The Morgan fingerprint density at radius 2 is 1.63 bits per heavy atom. The molecular weight excluding hydrogens is 526 g/mol. The lowest BCUT2D eigenvalue weighted by molar-refractivity contribution is -0.139. The Hall–Kier alpha value is -3.56. The van der Waals surface area contributed by atoms with Crippen molar-refractivity contribution in [3.05, 3.63) is 89.4 Å². The number of hydrogen-bond acceptors (Lipinski definition) is 5. The number of carbonyl (C=O) groups is 2. The highest BCUT2D eigenvalue weighted by molar-refractivity contribution is 7.92. The quantitative estimate of drug-likeness (QED) is 0.354. The number of sulfonamides is 1. The van der Waals surface area contributed by atoms with Crippen LogP contribution in [0.4, 0.5) is 5.69 Å². The van der Waals surface area contributed by atoms with E-state index in [0.717, 1.165) is 16.3 Å². The molecule has 0 aliphatic heterocycles. The Balaban J connectivity index is 2.03. The summed E-state index contributed by atoms with van der Waals surface area (Å²) in [6, 6.07) is 20.7. The zero-order chi connectivity index (χ0) is 27.7. The molecule has 38 heavy (non-hydrogen) atoms. The number of rotatable bonds is 12. The first kappa shape index (κ1) is 29.0. The third kappa shape index (κ3) is 7.05. The second kappa shape index (κ2) is 13.3. The summed E-state index contributed by atoms with van der Waals surface area (Å²) in [4.78, 5) is 28.1. The molecule has 0 spiro atoms. The Kier molecular flexibility index (Phi) is 10.2. The fourth-order valence-electron chi connectivity index (χ4n) is 3.82. The van der Waals surface area contributed by atoms with E-state index in [9.17, 15) is 18.0 Å². The van der Waals surface area contributed by atoms with Crippen LogP contribution in [0.25, 0.3) is 0 Å². The van der Waals surface area contributed by atoms with E-state index in [-0.39, 0.29) is 28.1 Å². The van der Waals surface area contributed by atoms with Crippen molar-refractivity contribution in [3.8, 4) is 5.75 Å². The number of hydrogen-bond donors (Lipinski definition) is 1. The minimum absolute atomic E-state index is 0.0167. The molecule has 0 fully saturated rings. The lowest BCUT2D eigenvalue weighted by atomic mass is 10.1. The maximum atomic E-state index is 13.8. The number of methoxy groups -OCH3 is 1. The van der Waals surface area contributed by atoms with Gasteiger partial charge in [0.25, 0.3) is 10.0 Å². The van der Waals surface area contributed by atoms with E-state index in [2.05, 4.69) is 5.32 Å². The Morgan fingerprint density at radius 1 is 1.00 bits per heavy atom. The molecule has 0 unspecified atom stereocenters. The van der Waals surface area contributed by atoms with Crippen molar-refractivity contribution in [1.82, 2.24) is 10.2 Å². The number of amides is 2. The largest absolute Gasteiger partial charge is 0.495 e. The maximum absolute atomic E-state index is 13.8. The Morgan fingerprint density at radius 3 is 2.21 bits per heavy atom. The van der Waals surface area contributed by atoms with Gasteiger partial charge in [-0.25, -0.2) is 8.42 Å². The van der Waals surface area contributed by atoms with Crippen LogP contribution < -0.4 is 14.4 Å². The van der Waals surface area contributed by atoms with Crippen LogP contribution in [0.5, 0.6) is 5.75 Å². The number of benzene rings is 3. The van der Waals surface area contributed by atoms with Crippen LogP contribution in [0.1, 0.15) is 25.8 Å². The number of carbonyl (C=O) groups excluding carboxylic acids is 2. The standard InChI is InChI=1S/C28H32ClN3O5S/c1-4-17-30-28(34)21(2)31(19-22-11-7-5-8-12-22)27(33)20-32(23-15-16-26(37-3)25(29)18-23)38(35,36)24-13-9-6-10-14-24/h5-16,18,21H,4,17,19-20H2,1-3H3,(H,30,34)/t21-/m1/s1. The second-order valence-electron chi connectivity index (χ2n) is 8.62. The average Bonchev–Trinajstić information content (AvgIpc) is 2.93. The molecule has 0 bridgehead atoms. The van der Waals surface area contributed by atoms with Gasteiger partial charge in [-0.05, 0) is 49.2 Å². The summed E-state index contributed by atoms with van der Waals surface area (Å²) in [5.74, 6) is -0.494. The molecule has 3 rings (SSSR count). The summed E-state index contributed by atoms with van der Waals surface area (Å²) in [5.41, 5.74) is 0.997. The van der Waals surface area contributed by atoms with Gasteiger partial charge >= 0.3 is 0 Å². The zero-order valence-corrected chi connectivity index (χ0v) is 23.2. The molecule has 0 radical (unpaired) electrons. The summed E-state index contributed by atoms with van der Waals surface area (Å²) >= 11 is 6.32. The van der Waals surface area contributed by atoms with Crippen molar-refractivity contribution in [3.63, 3.8) is 0 Å². The van der Waals surface area contributed by atoms with Crippen LogP contribution in [0.2, 0.25) is 5.02 Å². The van der Waals surface area contributed by atoms with E-state index >= 15 is 0 Å². The predicted octanol–water partition coefficient (Wildman–Crippen LogP) is 4.49. The third-order valence-corrected chi connectivity index (χ3v) is 8.03. The molecule has 0 heterocycles. The number of ether oxygens (including phenoxy) is 1. The van der Waals surface area contributed by atoms with Gasteiger partial charge in [-0.2, -0.15) is 0 Å². The van der Waals surface area contributed by atoms with Crippen molar-refractivity contribution in [2.45, 2.75) is 37.8 Å². The van der Waals surface area contributed by atoms with Crippen molar-refractivity contribution in [2.75, 3.05) is 24.5 Å². The van der Waals surface area contributed by atoms with Gasteiger partial charge in [0, 0.05) is 13.1 Å². The summed E-state index contributed by atoms with van der Waals surface area (Å²) in [6.45, 7) is 3.62. The van der Waals surface area contributed by atoms with E-state index < -0.39 is 28.5 Å². The highest BCUT2D eigenvalue weighted by Crippen LogP contribution is 2.32. The molecule has 0 aliphatic rings. The fraction of sp³-hybridized carbons (Fsp3) is 0.286. The maximum Gasteiger partial charge on any atom is 0.264 e. The molecule has 3 aromatic rings. The van der Waals surface area contributed by atoms with Crippen LogP contribution in [0.15, 0.2) is 83.8 Å². The molecule has 202 valence electrons. The third-order valence-electron chi connectivity index (χ3n) is 5.95. The van der Waals surface area contributed by atoms with E-state index in [4.69, 9.17) is 16.3 Å². The topological polar surface area (TPSA) is 96.0 Å². The van der Waals surface area contributed by atoms with Gasteiger partial charge in [0.2, 0.25) is 11.8 Å². The van der Waals surface area contributed by atoms with Crippen molar-refractivity contribution in [1.29, 1.82) is 0 Å². The number of halogens is 1. The van der Waals surface area contributed by atoms with Crippen molar-refractivity contribution >= 4 is 39.1 Å². The zero-order valence-electron chi connectivity index (χ0n) is 21.6. The van der Waals surface area contributed by atoms with Crippen LogP contribution in [0, 0.1) is 0 Å². The molecule has 1 N–H and O–H groups in total. The first-order valence-corrected chi connectivity index (χ1v) is 14.0. The predicted molar refractivity (Wildman–Crippen MR) is 149 cm³/mol. The van der Waals surface area contributed by atoms with Gasteiger partial charge in [-0.15, -0.1) is 0 Å². The first-order valence-electron chi connectivity index (χ1n) is 12.2. The fourth-order valence-corrected chi connectivity index (χ4v) is 5.50. The number of anilines is 1. The Bertz CT molecular complexity index is 1340. The molecule has 3 aromatic carbocycles. The van der Waals surface area contributed by atoms with E-state index in [1.54, 1.807) is 25.1 Å². The van der Waals surface area contributed by atoms with E-state index in [1.165, 1.54) is 42.3 Å². The summed E-state index contributed by atoms with van der Waals surface area (Å²) in [5, 5.41) is 3.01. The smallest absolute Gasteiger partial charge is 0.264 e. The summed E-state index contributed by atoms with van der Waals surface area (Å²) < 4.78 is 33.7. The van der Waals surface area contributed by atoms with Crippen molar-refractivity contribution < 1.29 is 22.7 Å². The molecule has 10 heteroatoms. The summed E-state index contributed by atoms with van der Waals surface area (Å²) in [7, 11) is -2.71. The highest BCUT2D eigenvalue weighted by atomic mass is 35.5. The van der Waals surface area contributed by atoms with Gasteiger partial charge in [-0.1, -0.05) is 67.1 Å². The number of nitrogens with zero attached hydrogens (tertiary/aromatic N) is 2. The van der Waals surface area contributed by atoms with Crippen LogP contribution in [0.3, 0.4) is 0 Å². The lowest BCUT2D eigenvalue weighted by Gasteiger charge is -2.32. The first-order chi connectivity index (χ1) is 18.2. The van der Waals surface area contributed by atoms with E-state index in [0.29, 0.717) is 12.3 Å². The van der Waals surface area contributed by atoms with E-state index in [1.807, 2.05) is 37.3 Å². The molecule has 1 atom stereocenters. The summed E-state index contributed by atoms with van der Waals surface area (Å²) in [6.07, 6.45) is 0.742. The Labute approximate surface area is 229 Å². The van der Waals surface area contributed by atoms with Gasteiger partial charge in [0.05, 0.1) is 22.7 Å². The molecule has 0 saturated heterocycles. The van der Waals surface area contributed by atoms with Crippen LogP contribution >= 0.6 is 11.6 Å². The molecule has 2 amide bonds. The van der Waals surface area contributed by atoms with Crippen LogP contribution in [-0.4, -0.2) is 51.4 Å². The van der Waals surface area contributed by atoms with Crippen LogP contribution in [-0.2, 0) is 26.2 Å². The highest BCUT2D eigenvalue weighted by Gasteiger charge is 2.32. The van der Waals surface area contributed by atoms with Gasteiger partial charge in [0.1, 0.15) is 18.3 Å². The second-order valence-corrected chi connectivity index (χ2v) is 10.9. The molecule has 0 saturated carbocycles. The van der Waals surface area contributed by atoms with Gasteiger partial charge < -0.3 is 15.0 Å². The van der Waals surface area contributed by atoms with Crippen molar-refractivity contribution in [2.24, 2.45) is 0 Å². The lowest BCUT2D eigenvalue weighted by Crippen LogP contribution is -2.51. The minimum atomic E-state index is -4.17. The normalized spacial score (nSPS) is 11.9. The number of nitrogens with one attached hydrogen (secondary N) is 1. The molecule has 0 aromatic heterocycles.